The normalized spacial score (nSPS) is 13.4. The summed E-state index contributed by atoms with van der Waals surface area (Å²) < 4.78 is 0. The average molecular weight is 506 g/mol. The van der Waals surface area contributed by atoms with E-state index in [-0.39, 0.29) is 24.6 Å². The van der Waals surface area contributed by atoms with Crippen LogP contribution < -0.4 is 28.3 Å². The number of aliphatic imine (C=N–C) groups is 1. The van der Waals surface area contributed by atoms with E-state index in [4.69, 9.17) is 22.9 Å². The van der Waals surface area contributed by atoms with Crippen LogP contribution in [0.3, 0.4) is 0 Å². The lowest BCUT2D eigenvalue weighted by Gasteiger charge is -2.22. The molecular formula is C27H35N7O3. The zero-order chi connectivity index (χ0) is 26.8. The van der Waals surface area contributed by atoms with E-state index in [2.05, 4.69) is 15.3 Å². The van der Waals surface area contributed by atoms with Gasteiger partial charge in [-0.15, -0.1) is 0 Å². The van der Waals surface area contributed by atoms with Gasteiger partial charge in [0.25, 0.3) is 0 Å². The second-order valence-corrected chi connectivity index (χ2v) is 9.14. The predicted molar refractivity (Wildman–Crippen MR) is 144 cm³/mol. The van der Waals surface area contributed by atoms with Crippen molar-refractivity contribution >= 4 is 34.5 Å². The number of rotatable bonds is 14. The molecule has 2 amide bonds. The van der Waals surface area contributed by atoms with Crippen LogP contribution in [0.1, 0.15) is 30.4 Å². The highest BCUT2D eigenvalue weighted by molar-refractivity contribution is 5.93. The van der Waals surface area contributed by atoms with Crippen molar-refractivity contribution in [3.8, 4) is 0 Å². The molecule has 0 aliphatic heterocycles. The van der Waals surface area contributed by atoms with Crippen LogP contribution in [0.25, 0.3) is 10.9 Å². The van der Waals surface area contributed by atoms with Gasteiger partial charge in [-0.3, -0.25) is 19.4 Å². The quantitative estimate of drug-likeness (QED) is 0.107. The number of nitrogens with two attached hydrogens (primary N) is 4. The Morgan fingerprint density at radius 2 is 1.65 bits per heavy atom. The third-order valence-electron chi connectivity index (χ3n) is 6.28. The van der Waals surface area contributed by atoms with Crippen molar-refractivity contribution in [2.24, 2.45) is 33.8 Å². The highest BCUT2D eigenvalue weighted by Gasteiger charge is 2.28. The number of aromatic amines is 1. The van der Waals surface area contributed by atoms with Crippen LogP contribution >= 0.6 is 0 Å². The molecule has 1 heterocycles. The van der Waals surface area contributed by atoms with E-state index in [0.717, 1.165) is 22.0 Å². The summed E-state index contributed by atoms with van der Waals surface area (Å²) in [6, 6.07) is 15.4. The first kappa shape index (κ1) is 27.4. The number of guanidine groups is 1. The number of aromatic nitrogens is 1. The van der Waals surface area contributed by atoms with Gasteiger partial charge in [-0.1, -0.05) is 48.5 Å². The molecule has 0 aliphatic rings. The molecule has 3 aromatic rings. The van der Waals surface area contributed by atoms with Gasteiger partial charge in [-0.25, -0.2) is 0 Å². The number of primary amides is 1. The summed E-state index contributed by atoms with van der Waals surface area (Å²) in [6.45, 7) is 0.366. The van der Waals surface area contributed by atoms with Crippen molar-refractivity contribution in [3.63, 3.8) is 0 Å². The third kappa shape index (κ3) is 8.18. The Labute approximate surface area is 215 Å². The van der Waals surface area contributed by atoms with Gasteiger partial charge < -0.3 is 33.2 Å². The molecule has 0 spiro atoms. The van der Waals surface area contributed by atoms with Crippen LogP contribution in [0.4, 0.5) is 0 Å². The number of carbonyl (C=O) groups excluding carboxylic acids is 3. The zero-order valence-corrected chi connectivity index (χ0v) is 20.7. The molecule has 37 heavy (non-hydrogen) atoms. The number of benzene rings is 2. The number of nitrogens with one attached hydrogen (secondary N) is 2. The topological polar surface area (TPSA) is 195 Å². The minimum Gasteiger partial charge on any atom is -0.370 e. The Bertz CT molecular complexity index is 1240. The molecular weight excluding hydrogens is 470 g/mol. The third-order valence-corrected chi connectivity index (χ3v) is 6.28. The number of amides is 2. The van der Waals surface area contributed by atoms with E-state index < -0.39 is 29.8 Å². The summed E-state index contributed by atoms with van der Waals surface area (Å²) in [5.74, 6) is -2.05. The summed E-state index contributed by atoms with van der Waals surface area (Å²) in [7, 11) is 0. The monoisotopic (exact) mass is 505 g/mol. The first-order chi connectivity index (χ1) is 17.7. The zero-order valence-electron chi connectivity index (χ0n) is 20.7. The minimum absolute atomic E-state index is 0.0175. The number of ketones is 1. The molecule has 0 radical (unpaired) electrons. The van der Waals surface area contributed by atoms with Crippen molar-refractivity contribution in [1.29, 1.82) is 0 Å². The highest BCUT2D eigenvalue weighted by Crippen LogP contribution is 2.20. The number of hydrogen-bond acceptors (Lipinski definition) is 5. The maximum Gasteiger partial charge on any atom is 0.240 e. The first-order valence-corrected chi connectivity index (χ1v) is 12.3. The molecule has 3 atom stereocenters. The predicted octanol–water partition coefficient (Wildman–Crippen LogP) is 0.880. The van der Waals surface area contributed by atoms with Gasteiger partial charge in [0, 0.05) is 42.4 Å². The van der Waals surface area contributed by atoms with Crippen molar-refractivity contribution in [1.82, 2.24) is 10.3 Å². The fraction of sp³-hybridized carbons (Fsp3) is 0.333. The van der Waals surface area contributed by atoms with E-state index in [9.17, 15) is 14.4 Å². The lowest BCUT2D eigenvalue weighted by molar-refractivity contribution is -0.132. The Morgan fingerprint density at radius 1 is 0.946 bits per heavy atom. The van der Waals surface area contributed by atoms with Crippen molar-refractivity contribution < 1.29 is 14.4 Å². The second kappa shape index (κ2) is 13.2. The van der Waals surface area contributed by atoms with Gasteiger partial charge in [0.2, 0.25) is 11.8 Å². The lowest BCUT2D eigenvalue weighted by Crippen LogP contribution is -2.49. The number of fused-ring (bicyclic) bond motifs is 1. The van der Waals surface area contributed by atoms with E-state index in [1.807, 2.05) is 54.6 Å². The van der Waals surface area contributed by atoms with E-state index in [0.29, 0.717) is 25.8 Å². The largest absolute Gasteiger partial charge is 0.370 e. The molecule has 0 unspecified atom stereocenters. The number of carbonyl (C=O) groups is 3. The Hall–Kier alpha value is -4.18. The van der Waals surface area contributed by atoms with Gasteiger partial charge in [0.05, 0.1) is 6.04 Å². The van der Waals surface area contributed by atoms with E-state index in [1.54, 1.807) is 6.20 Å². The van der Waals surface area contributed by atoms with Crippen LogP contribution in [-0.4, -0.2) is 47.2 Å². The number of Topliss-reactive ketones (excluding diaryl/α,β-unsaturated/α-hetero) is 1. The molecule has 2 aromatic carbocycles. The van der Waals surface area contributed by atoms with Gasteiger partial charge in [-0.05, 0) is 36.5 Å². The molecule has 10 nitrogen and oxygen atoms in total. The van der Waals surface area contributed by atoms with E-state index >= 15 is 0 Å². The number of H-pyrrole nitrogens is 1. The first-order valence-electron chi connectivity index (χ1n) is 12.3. The van der Waals surface area contributed by atoms with Crippen molar-refractivity contribution in [2.75, 3.05) is 6.54 Å². The molecule has 0 bridgehead atoms. The fourth-order valence-corrected chi connectivity index (χ4v) is 4.26. The summed E-state index contributed by atoms with van der Waals surface area (Å²) in [4.78, 5) is 45.6. The van der Waals surface area contributed by atoms with Gasteiger partial charge in [-0.2, -0.15) is 0 Å². The van der Waals surface area contributed by atoms with Gasteiger partial charge in [0.15, 0.2) is 5.96 Å². The van der Waals surface area contributed by atoms with Gasteiger partial charge in [0.1, 0.15) is 11.8 Å². The number of para-hydroxylation sites is 1. The molecule has 0 fully saturated rings. The summed E-state index contributed by atoms with van der Waals surface area (Å²) >= 11 is 0. The minimum atomic E-state index is -0.937. The molecule has 0 saturated carbocycles. The van der Waals surface area contributed by atoms with Crippen LogP contribution in [0, 0.1) is 5.92 Å². The number of hydrogen-bond donors (Lipinski definition) is 6. The van der Waals surface area contributed by atoms with Gasteiger partial charge >= 0.3 is 0 Å². The molecule has 196 valence electrons. The molecule has 3 rings (SSSR count). The Kier molecular flexibility index (Phi) is 9.79. The molecule has 0 saturated heterocycles. The molecule has 10 N–H and O–H groups in total. The fourth-order valence-electron chi connectivity index (χ4n) is 4.26. The Morgan fingerprint density at radius 3 is 2.35 bits per heavy atom. The summed E-state index contributed by atoms with van der Waals surface area (Å²) in [5.41, 5.74) is 25.1. The average Bonchev–Trinajstić information content (AvgIpc) is 3.28. The van der Waals surface area contributed by atoms with E-state index in [1.165, 1.54) is 0 Å². The van der Waals surface area contributed by atoms with Crippen LogP contribution in [0.5, 0.6) is 0 Å². The summed E-state index contributed by atoms with van der Waals surface area (Å²) in [6.07, 6.45) is 3.20. The van der Waals surface area contributed by atoms with Crippen molar-refractivity contribution in [2.45, 2.75) is 44.2 Å². The van der Waals surface area contributed by atoms with Crippen molar-refractivity contribution in [3.05, 3.63) is 71.9 Å². The summed E-state index contributed by atoms with van der Waals surface area (Å²) in [5, 5.41) is 3.73. The molecule has 0 aliphatic carbocycles. The Balaban J connectivity index is 1.71. The molecule has 10 heteroatoms. The second-order valence-electron chi connectivity index (χ2n) is 9.14. The maximum atomic E-state index is 13.4. The standard InChI is InChI=1S/C27H35N7O3/c28-21(10-6-12-32-27(30)31)24(35)15-18(13-17-7-2-1-3-8-17)26(37)34-23(25(29)36)14-19-16-33-22-11-5-4-9-20(19)22/h1-5,7-9,11,16,18,21,23,33H,6,10,12-15,28H2,(H2,29,36)(H,34,37)(H4,30,31,32)/t18-,21-,23+/m1/s1. The van der Waals surface area contributed by atoms with Crippen LogP contribution in [0.2, 0.25) is 0 Å². The smallest absolute Gasteiger partial charge is 0.240 e. The van der Waals surface area contributed by atoms with Crippen LogP contribution in [0.15, 0.2) is 65.8 Å². The SMILES string of the molecule is NC(=O)[C@H](Cc1c[nH]c2ccccc12)NC(=O)[C@@H](CC(=O)[C@H](N)CCCN=C(N)N)Cc1ccccc1. The number of nitrogens with zero attached hydrogens (tertiary/aromatic N) is 1. The highest BCUT2D eigenvalue weighted by atomic mass is 16.2. The maximum absolute atomic E-state index is 13.4. The lowest BCUT2D eigenvalue weighted by atomic mass is 9.90. The molecule has 1 aromatic heterocycles. The van der Waals surface area contributed by atoms with Crippen LogP contribution in [-0.2, 0) is 27.2 Å².